The van der Waals surface area contributed by atoms with Crippen molar-refractivity contribution in [1.29, 1.82) is 0 Å². The molecule has 0 aromatic heterocycles. The number of hydrogen-bond donors (Lipinski definition) is 1. The Bertz CT molecular complexity index is 479. The standard InChI is InChI=1S/C19H30BrNO3/c1-24-17(23)5-3-2-4-6-21-16(22)12-18-8-14-7-15(9-18)11-19(20,10-14)13-18/h14-15H,2-13H2,1H3,(H,21,22). The quantitative estimate of drug-likeness (QED) is 0.381. The van der Waals surface area contributed by atoms with Gasteiger partial charge in [-0.25, -0.2) is 0 Å². The van der Waals surface area contributed by atoms with Crippen molar-refractivity contribution in [3.8, 4) is 0 Å². The number of ether oxygens (including phenoxy) is 1. The molecule has 4 saturated carbocycles. The van der Waals surface area contributed by atoms with Gasteiger partial charge >= 0.3 is 5.97 Å². The molecule has 0 aliphatic heterocycles. The summed E-state index contributed by atoms with van der Waals surface area (Å²) in [7, 11) is 1.42. The molecular weight excluding hydrogens is 370 g/mol. The monoisotopic (exact) mass is 399 g/mol. The second-order valence-electron chi connectivity index (χ2n) is 8.53. The number of hydrogen-bond acceptors (Lipinski definition) is 3. The second kappa shape index (κ2) is 7.35. The van der Waals surface area contributed by atoms with E-state index in [0.717, 1.165) is 37.6 Å². The topological polar surface area (TPSA) is 55.4 Å². The maximum Gasteiger partial charge on any atom is 0.305 e. The molecule has 0 spiro atoms. The van der Waals surface area contributed by atoms with Gasteiger partial charge in [0.05, 0.1) is 7.11 Å². The lowest BCUT2D eigenvalue weighted by Crippen LogP contribution is -2.54. The van der Waals surface area contributed by atoms with Gasteiger partial charge in [0.25, 0.3) is 0 Å². The van der Waals surface area contributed by atoms with Gasteiger partial charge in [-0.05, 0) is 68.6 Å². The van der Waals surface area contributed by atoms with Gasteiger partial charge in [-0.15, -0.1) is 0 Å². The molecular formula is C19H30BrNO3. The number of unbranched alkanes of at least 4 members (excludes halogenated alkanes) is 2. The van der Waals surface area contributed by atoms with Crippen LogP contribution in [0.15, 0.2) is 0 Å². The van der Waals surface area contributed by atoms with Crippen LogP contribution in [0.25, 0.3) is 0 Å². The number of alkyl halides is 1. The average molecular weight is 400 g/mol. The van der Waals surface area contributed by atoms with Gasteiger partial charge in [-0.2, -0.15) is 0 Å². The molecule has 4 aliphatic carbocycles. The number of rotatable bonds is 8. The van der Waals surface area contributed by atoms with Gasteiger partial charge < -0.3 is 10.1 Å². The second-order valence-corrected chi connectivity index (χ2v) is 10.2. The molecule has 4 bridgehead atoms. The van der Waals surface area contributed by atoms with E-state index in [2.05, 4.69) is 26.0 Å². The lowest BCUT2D eigenvalue weighted by molar-refractivity contribution is -0.140. The molecule has 2 unspecified atom stereocenters. The van der Waals surface area contributed by atoms with E-state index < -0.39 is 0 Å². The zero-order valence-electron chi connectivity index (χ0n) is 14.7. The van der Waals surface area contributed by atoms with Crippen LogP contribution in [0.3, 0.4) is 0 Å². The summed E-state index contributed by atoms with van der Waals surface area (Å²) < 4.78 is 4.95. The highest BCUT2D eigenvalue weighted by Crippen LogP contribution is 2.65. The zero-order valence-corrected chi connectivity index (χ0v) is 16.3. The first-order valence-corrected chi connectivity index (χ1v) is 10.2. The molecule has 4 nitrogen and oxygen atoms in total. The minimum Gasteiger partial charge on any atom is -0.469 e. The fourth-order valence-electron chi connectivity index (χ4n) is 5.85. The number of carbonyl (C=O) groups is 2. The van der Waals surface area contributed by atoms with Gasteiger partial charge in [0, 0.05) is 23.7 Å². The molecule has 5 heteroatoms. The Morgan fingerprint density at radius 1 is 1.12 bits per heavy atom. The number of halogens is 1. The highest BCUT2D eigenvalue weighted by Gasteiger charge is 2.57. The Labute approximate surface area is 153 Å². The van der Waals surface area contributed by atoms with Crippen LogP contribution >= 0.6 is 15.9 Å². The van der Waals surface area contributed by atoms with Gasteiger partial charge in [0.1, 0.15) is 0 Å². The molecule has 4 rings (SSSR count). The predicted molar refractivity (Wildman–Crippen MR) is 96.9 cm³/mol. The van der Waals surface area contributed by atoms with E-state index in [-0.39, 0.29) is 17.3 Å². The lowest BCUT2D eigenvalue weighted by Gasteiger charge is -2.60. The Morgan fingerprint density at radius 3 is 2.46 bits per heavy atom. The SMILES string of the molecule is COC(=O)CCCCCNC(=O)CC12CC3CC(CC(Br)(C3)C1)C2. The highest BCUT2D eigenvalue weighted by atomic mass is 79.9. The third-order valence-corrected chi connectivity index (χ3v) is 7.18. The highest BCUT2D eigenvalue weighted by molar-refractivity contribution is 9.10. The van der Waals surface area contributed by atoms with Crippen LogP contribution < -0.4 is 5.32 Å². The van der Waals surface area contributed by atoms with Gasteiger partial charge in [-0.3, -0.25) is 9.59 Å². The van der Waals surface area contributed by atoms with Gasteiger partial charge in [0.2, 0.25) is 5.91 Å². The first-order valence-electron chi connectivity index (χ1n) is 9.44. The number of amides is 1. The van der Waals surface area contributed by atoms with E-state index in [9.17, 15) is 9.59 Å². The van der Waals surface area contributed by atoms with Crippen molar-refractivity contribution in [2.75, 3.05) is 13.7 Å². The Hall–Kier alpha value is -0.580. The number of nitrogens with one attached hydrogen (secondary N) is 1. The van der Waals surface area contributed by atoms with Gasteiger partial charge in [0.15, 0.2) is 0 Å². The smallest absolute Gasteiger partial charge is 0.305 e. The van der Waals surface area contributed by atoms with Crippen LogP contribution in [-0.4, -0.2) is 29.9 Å². The molecule has 0 aromatic carbocycles. The molecule has 2 atom stereocenters. The minimum atomic E-state index is -0.149. The maximum absolute atomic E-state index is 12.4. The number of carbonyl (C=O) groups excluding carboxylic acids is 2. The fraction of sp³-hybridized carbons (Fsp3) is 0.895. The van der Waals surface area contributed by atoms with Crippen molar-refractivity contribution >= 4 is 27.8 Å². The van der Waals surface area contributed by atoms with Crippen LogP contribution in [0.4, 0.5) is 0 Å². The Balaban J connectivity index is 1.37. The number of methoxy groups -OCH3 is 1. The molecule has 4 fully saturated rings. The summed E-state index contributed by atoms with van der Waals surface area (Å²) in [6.07, 6.45) is 11.6. The van der Waals surface area contributed by atoms with E-state index in [1.54, 1.807) is 0 Å². The summed E-state index contributed by atoms with van der Waals surface area (Å²) >= 11 is 4.01. The number of esters is 1. The van der Waals surface area contributed by atoms with E-state index in [0.29, 0.717) is 17.2 Å². The summed E-state index contributed by atoms with van der Waals surface area (Å²) in [5, 5.41) is 3.10. The molecule has 0 saturated heterocycles. The largest absolute Gasteiger partial charge is 0.469 e. The summed E-state index contributed by atoms with van der Waals surface area (Å²) in [5.74, 6) is 1.74. The Kier molecular flexibility index (Phi) is 5.58. The third-order valence-electron chi connectivity index (χ3n) is 6.25. The van der Waals surface area contributed by atoms with Crippen molar-refractivity contribution < 1.29 is 14.3 Å². The summed E-state index contributed by atoms with van der Waals surface area (Å²) in [6.45, 7) is 0.725. The molecule has 0 radical (unpaired) electrons. The van der Waals surface area contributed by atoms with Crippen LogP contribution in [0.2, 0.25) is 0 Å². The maximum atomic E-state index is 12.4. The van der Waals surface area contributed by atoms with Crippen LogP contribution in [0.1, 0.15) is 70.6 Å². The van der Waals surface area contributed by atoms with Crippen LogP contribution in [0, 0.1) is 17.3 Å². The molecule has 1 N–H and O–H groups in total. The lowest BCUT2D eigenvalue weighted by atomic mass is 9.48. The van der Waals surface area contributed by atoms with Crippen molar-refractivity contribution in [3.63, 3.8) is 0 Å². The van der Waals surface area contributed by atoms with E-state index >= 15 is 0 Å². The first-order chi connectivity index (χ1) is 11.4. The van der Waals surface area contributed by atoms with Crippen LogP contribution in [-0.2, 0) is 14.3 Å². The van der Waals surface area contributed by atoms with Crippen molar-refractivity contribution in [3.05, 3.63) is 0 Å². The third kappa shape index (κ3) is 4.33. The van der Waals surface area contributed by atoms with Crippen molar-refractivity contribution in [1.82, 2.24) is 5.32 Å². The zero-order chi connectivity index (χ0) is 17.2. The minimum absolute atomic E-state index is 0.149. The van der Waals surface area contributed by atoms with E-state index in [1.165, 1.54) is 45.6 Å². The van der Waals surface area contributed by atoms with Crippen LogP contribution in [0.5, 0.6) is 0 Å². The summed E-state index contributed by atoms with van der Waals surface area (Å²) in [5.41, 5.74) is 0.253. The molecule has 1 amide bonds. The molecule has 0 aromatic rings. The molecule has 136 valence electrons. The van der Waals surface area contributed by atoms with Crippen molar-refractivity contribution in [2.24, 2.45) is 17.3 Å². The van der Waals surface area contributed by atoms with Crippen molar-refractivity contribution in [2.45, 2.75) is 75.0 Å². The van der Waals surface area contributed by atoms with Gasteiger partial charge in [-0.1, -0.05) is 22.4 Å². The average Bonchev–Trinajstić information content (AvgIpc) is 2.47. The molecule has 0 heterocycles. The summed E-state index contributed by atoms with van der Waals surface area (Å²) in [4.78, 5) is 23.5. The molecule has 24 heavy (non-hydrogen) atoms. The predicted octanol–water partition coefficient (Wildman–Crippen LogP) is 3.96. The normalized spacial score (nSPS) is 36.6. The van der Waals surface area contributed by atoms with E-state index in [1.807, 2.05) is 0 Å². The molecule has 4 aliphatic rings. The Morgan fingerprint density at radius 2 is 1.83 bits per heavy atom. The first kappa shape index (κ1) is 18.2. The van der Waals surface area contributed by atoms with E-state index in [4.69, 9.17) is 0 Å². The fourth-order valence-corrected chi connectivity index (χ4v) is 7.36. The summed E-state index contributed by atoms with van der Waals surface area (Å²) in [6, 6.07) is 0.